The van der Waals surface area contributed by atoms with Crippen LogP contribution in [0, 0.1) is 0 Å². The van der Waals surface area contributed by atoms with E-state index in [9.17, 15) is 9.59 Å². The first kappa shape index (κ1) is 14.2. The summed E-state index contributed by atoms with van der Waals surface area (Å²) >= 11 is 5.37. The normalized spacial score (nSPS) is 9.67. The second-order valence-corrected chi connectivity index (χ2v) is 3.75. The first-order chi connectivity index (χ1) is 8.65. The van der Waals surface area contributed by atoms with Crippen LogP contribution in [0.2, 0.25) is 0 Å². The molecule has 0 spiro atoms. The fourth-order valence-corrected chi connectivity index (χ4v) is 1.35. The van der Waals surface area contributed by atoms with E-state index >= 15 is 0 Å². The van der Waals surface area contributed by atoms with E-state index in [-0.39, 0.29) is 18.8 Å². The van der Waals surface area contributed by atoms with Crippen molar-refractivity contribution in [2.24, 2.45) is 0 Å². The van der Waals surface area contributed by atoms with Gasteiger partial charge in [0.15, 0.2) is 0 Å². The summed E-state index contributed by atoms with van der Waals surface area (Å²) < 4.78 is 4.95. The molecule has 0 saturated heterocycles. The number of hydrogen-bond acceptors (Lipinski definition) is 4. The average Bonchev–Trinajstić information content (AvgIpc) is 2.37. The van der Waals surface area contributed by atoms with Crippen molar-refractivity contribution in [2.45, 2.75) is 13.0 Å². The third-order valence-corrected chi connectivity index (χ3v) is 2.22. The number of imide groups is 1. The van der Waals surface area contributed by atoms with E-state index in [1.54, 1.807) is 18.3 Å². The number of ether oxygens (including phenoxy) is 1. The van der Waals surface area contributed by atoms with Crippen LogP contribution in [0.3, 0.4) is 0 Å². The van der Waals surface area contributed by atoms with Crippen molar-refractivity contribution >= 4 is 23.5 Å². The molecule has 0 atom stereocenters. The third-order valence-electron chi connectivity index (χ3n) is 2.04. The maximum absolute atomic E-state index is 11.3. The van der Waals surface area contributed by atoms with Gasteiger partial charge in [0.2, 0.25) is 11.8 Å². The Hall–Kier alpha value is -1.82. The van der Waals surface area contributed by atoms with Crippen molar-refractivity contribution in [2.75, 3.05) is 13.0 Å². The fraction of sp³-hybridized carbons (Fsp3) is 0.364. The average molecular weight is 272 g/mol. The molecular formula is C11H14ClN3O3. The summed E-state index contributed by atoms with van der Waals surface area (Å²) in [5, 5.41) is 4.70. The van der Waals surface area contributed by atoms with Gasteiger partial charge < -0.3 is 10.1 Å². The maximum Gasteiger partial charge on any atom is 0.321 e. The van der Waals surface area contributed by atoms with E-state index in [0.29, 0.717) is 5.88 Å². The predicted molar refractivity (Wildman–Crippen MR) is 66.5 cm³/mol. The Morgan fingerprint density at radius 3 is 2.94 bits per heavy atom. The van der Waals surface area contributed by atoms with Crippen LogP contribution in [0.25, 0.3) is 0 Å². The van der Waals surface area contributed by atoms with Gasteiger partial charge in [0.1, 0.15) is 0 Å². The molecule has 1 aromatic heterocycles. The second-order valence-electron chi connectivity index (χ2n) is 3.38. The number of nitrogens with one attached hydrogen (secondary N) is 2. The van der Waals surface area contributed by atoms with E-state index in [4.69, 9.17) is 16.3 Å². The molecule has 2 N–H and O–H groups in total. The Kier molecular flexibility index (Phi) is 5.93. The van der Waals surface area contributed by atoms with E-state index in [1.807, 2.05) is 0 Å². The Morgan fingerprint density at radius 1 is 1.50 bits per heavy atom. The highest BCUT2D eigenvalue weighted by atomic mass is 35.5. The monoisotopic (exact) mass is 271 g/mol. The van der Waals surface area contributed by atoms with Gasteiger partial charge in [-0.3, -0.25) is 10.1 Å². The number of pyridine rings is 1. The quantitative estimate of drug-likeness (QED) is 0.785. The number of methoxy groups -OCH3 is 1. The van der Waals surface area contributed by atoms with Crippen molar-refractivity contribution in [1.29, 1.82) is 0 Å². The van der Waals surface area contributed by atoms with E-state index in [2.05, 4.69) is 15.6 Å². The van der Waals surface area contributed by atoms with Gasteiger partial charge in [-0.05, 0) is 11.6 Å². The topological polar surface area (TPSA) is 80.3 Å². The number of amides is 3. The molecule has 18 heavy (non-hydrogen) atoms. The molecule has 0 aromatic carbocycles. The molecule has 1 aromatic rings. The number of carbonyl (C=O) groups is 2. The first-order valence-corrected chi connectivity index (χ1v) is 5.81. The van der Waals surface area contributed by atoms with Gasteiger partial charge in [-0.1, -0.05) is 0 Å². The van der Waals surface area contributed by atoms with Gasteiger partial charge in [-0.25, -0.2) is 9.78 Å². The standard InChI is InChI=1S/C11H14ClN3O3/c1-18-10-6-8(3-5-13-10)7-14-11(17)15-9(16)2-4-12/h3,5-6H,2,4,7H2,1H3,(H2,14,15,16,17). The highest BCUT2D eigenvalue weighted by Gasteiger charge is 2.06. The number of halogens is 1. The maximum atomic E-state index is 11.3. The lowest BCUT2D eigenvalue weighted by atomic mass is 10.2. The summed E-state index contributed by atoms with van der Waals surface area (Å²) in [6.45, 7) is 0.277. The summed E-state index contributed by atoms with van der Waals surface area (Å²) in [6.07, 6.45) is 1.68. The van der Waals surface area contributed by atoms with Gasteiger partial charge in [-0.2, -0.15) is 0 Å². The number of aromatic nitrogens is 1. The number of carbonyl (C=O) groups excluding carboxylic acids is 2. The Balaban J connectivity index is 2.40. The second kappa shape index (κ2) is 7.50. The van der Waals surface area contributed by atoms with Crippen molar-refractivity contribution in [3.8, 4) is 5.88 Å². The van der Waals surface area contributed by atoms with Crippen molar-refractivity contribution in [3.63, 3.8) is 0 Å². The first-order valence-electron chi connectivity index (χ1n) is 5.28. The lowest BCUT2D eigenvalue weighted by Crippen LogP contribution is -2.39. The molecule has 0 fully saturated rings. The molecule has 7 heteroatoms. The highest BCUT2D eigenvalue weighted by Crippen LogP contribution is 2.07. The summed E-state index contributed by atoms with van der Waals surface area (Å²) in [4.78, 5) is 26.3. The molecule has 6 nitrogen and oxygen atoms in total. The summed E-state index contributed by atoms with van der Waals surface area (Å²) in [5.74, 6) is 0.239. The molecule has 0 radical (unpaired) electrons. The van der Waals surface area contributed by atoms with Crippen LogP contribution in [-0.2, 0) is 11.3 Å². The van der Waals surface area contributed by atoms with E-state index < -0.39 is 11.9 Å². The number of hydrogen-bond donors (Lipinski definition) is 2. The molecule has 98 valence electrons. The molecule has 0 aliphatic rings. The molecule has 0 saturated carbocycles. The minimum atomic E-state index is -0.555. The van der Waals surface area contributed by atoms with Crippen LogP contribution in [-0.4, -0.2) is 29.9 Å². The van der Waals surface area contributed by atoms with Crippen LogP contribution in [0.5, 0.6) is 5.88 Å². The molecule has 1 heterocycles. The molecule has 1 rings (SSSR count). The van der Waals surface area contributed by atoms with E-state index in [1.165, 1.54) is 7.11 Å². The summed E-state index contributed by atoms with van der Waals surface area (Å²) in [7, 11) is 1.51. The third kappa shape index (κ3) is 5.01. The van der Waals surface area contributed by atoms with E-state index in [0.717, 1.165) is 5.56 Å². The van der Waals surface area contributed by atoms with Gasteiger partial charge >= 0.3 is 6.03 Å². The highest BCUT2D eigenvalue weighted by molar-refractivity contribution is 6.19. The van der Waals surface area contributed by atoms with Crippen molar-refractivity contribution < 1.29 is 14.3 Å². The van der Waals surface area contributed by atoms with Crippen molar-refractivity contribution in [3.05, 3.63) is 23.9 Å². The Labute approximate surface area is 110 Å². The van der Waals surface area contributed by atoms with Crippen LogP contribution >= 0.6 is 11.6 Å². The lowest BCUT2D eigenvalue weighted by Gasteiger charge is -2.07. The molecular weight excluding hydrogens is 258 g/mol. The van der Waals surface area contributed by atoms with Crippen LogP contribution < -0.4 is 15.4 Å². The number of nitrogens with zero attached hydrogens (tertiary/aromatic N) is 1. The number of urea groups is 1. The van der Waals surface area contributed by atoms with Crippen LogP contribution in [0.1, 0.15) is 12.0 Å². The Morgan fingerprint density at radius 2 is 2.28 bits per heavy atom. The summed E-state index contributed by atoms with van der Waals surface area (Å²) in [5.41, 5.74) is 0.821. The largest absolute Gasteiger partial charge is 0.481 e. The fourth-order valence-electron chi connectivity index (χ4n) is 1.17. The van der Waals surface area contributed by atoms with Crippen LogP contribution in [0.4, 0.5) is 4.79 Å². The SMILES string of the molecule is COc1cc(CNC(=O)NC(=O)CCCl)ccn1. The zero-order valence-electron chi connectivity index (χ0n) is 9.90. The Bertz CT molecular complexity index is 426. The summed E-state index contributed by atoms with van der Waals surface area (Å²) in [6, 6.07) is 2.88. The van der Waals surface area contributed by atoms with Gasteiger partial charge in [-0.15, -0.1) is 11.6 Å². The number of rotatable bonds is 5. The minimum Gasteiger partial charge on any atom is -0.481 e. The van der Waals surface area contributed by atoms with Gasteiger partial charge in [0.25, 0.3) is 0 Å². The van der Waals surface area contributed by atoms with Gasteiger partial charge in [0.05, 0.1) is 7.11 Å². The molecule has 0 aliphatic carbocycles. The minimum absolute atomic E-state index is 0.109. The zero-order chi connectivity index (χ0) is 13.4. The predicted octanol–water partition coefficient (Wildman–Crippen LogP) is 1.04. The molecule has 0 unspecified atom stereocenters. The molecule has 3 amide bonds. The van der Waals surface area contributed by atoms with Gasteiger partial charge in [0, 0.05) is 31.1 Å². The number of alkyl halides is 1. The molecule has 0 aliphatic heterocycles. The smallest absolute Gasteiger partial charge is 0.321 e. The van der Waals surface area contributed by atoms with Crippen molar-refractivity contribution in [1.82, 2.24) is 15.6 Å². The van der Waals surface area contributed by atoms with Crippen LogP contribution in [0.15, 0.2) is 18.3 Å². The zero-order valence-corrected chi connectivity index (χ0v) is 10.7. The molecule has 0 bridgehead atoms. The lowest BCUT2D eigenvalue weighted by molar-refractivity contribution is -0.119.